The lowest BCUT2D eigenvalue weighted by molar-refractivity contribution is 0.173. The molecule has 1 aromatic rings. The van der Waals surface area contributed by atoms with Gasteiger partial charge in [-0.2, -0.15) is 0 Å². The predicted octanol–water partition coefficient (Wildman–Crippen LogP) is 2.14. The van der Waals surface area contributed by atoms with Crippen molar-refractivity contribution in [3.8, 4) is 0 Å². The van der Waals surface area contributed by atoms with E-state index in [1.54, 1.807) is 6.07 Å². The molecule has 0 amide bonds. The lowest BCUT2D eigenvalue weighted by Gasteiger charge is -2.33. The van der Waals surface area contributed by atoms with Crippen molar-refractivity contribution in [1.82, 2.24) is 4.90 Å². The maximum atomic E-state index is 5.92. The van der Waals surface area contributed by atoms with E-state index in [0.29, 0.717) is 23.5 Å². The summed E-state index contributed by atoms with van der Waals surface area (Å²) in [4.78, 5) is 7.17. The molecule has 0 aliphatic carbocycles. The molecule has 0 bridgehead atoms. The zero-order valence-corrected chi connectivity index (χ0v) is 11.8. The van der Waals surface area contributed by atoms with Crippen LogP contribution in [0.25, 0.3) is 0 Å². The van der Waals surface area contributed by atoms with E-state index in [4.69, 9.17) is 11.5 Å². The fraction of sp³-hybridized carbons (Fsp3) is 0.533. The molecule has 1 heterocycles. The number of nitrogen functional groups attached to an aromatic ring is 2. The Morgan fingerprint density at radius 3 is 2.53 bits per heavy atom. The summed E-state index contributed by atoms with van der Waals surface area (Å²) in [5.74, 6) is 0. The Bertz CT molecular complexity index is 445. The molecule has 0 unspecified atom stereocenters. The number of nitrogens with zero attached hydrogens (tertiary/aromatic N) is 2. The SMILES string of the molecule is CC(C)N1CCC(N=Cc2ccc(N)cc2N)CC1. The number of likely N-dealkylation sites (tertiary alicyclic amines) is 1. The van der Waals surface area contributed by atoms with Crippen molar-refractivity contribution >= 4 is 17.6 Å². The van der Waals surface area contributed by atoms with Gasteiger partial charge >= 0.3 is 0 Å². The summed E-state index contributed by atoms with van der Waals surface area (Å²) in [6, 6.07) is 6.63. The molecule has 104 valence electrons. The summed E-state index contributed by atoms with van der Waals surface area (Å²) >= 11 is 0. The molecule has 0 aromatic heterocycles. The molecule has 4 N–H and O–H groups in total. The van der Waals surface area contributed by atoms with E-state index in [0.717, 1.165) is 31.5 Å². The van der Waals surface area contributed by atoms with Crippen LogP contribution >= 0.6 is 0 Å². The number of rotatable bonds is 3. The van der Waals surface area contributed by atoms with Crippen molar-refractivity contribution in [1.29, 1.82) is 0 Å². The van der Waals surface area contributed by atoms with Crippen LogP contribution < -0.4 is 11.5 Å². The number of aliphatic imine (C=N–C) groups is 1. The summed E-state index contributed by atoms with van der Waals surface area (Å²) in [6.45, 7) is 6.77. The molecule has 4 nitrogen and oxygen atoms in total. The second kappa shape index (κ2) is 6.06. The molecule has 1 aliphatic heterocycles. The van der Waals surface area contributed by atoms with E-state index < -0.39 is 0 Å². The van der Waals surface area contributed by atoms with Gasteiger partial charge < -0.3 is 16.4 Å². The van der Waals surface area contributed by atoms with Crippen molar-refractivity contribution in [2.45, 2.75) is 38.8 Å². The van der Waals surface area contributed by atoms with Crippen LogP contribution in [0.5, 0.6) is 0 Å². The smallest absolute Gasteiger partial charge is 0.0524 e. The van der Waals surface area contributed by atoms with Crippen molar-refractivity contribution in [2.24, 2.45) is 4.99 Å². The predicted molar refractivity (Wildman–Crippen MR) is 82.6 cm³/mol. The van der Waals surface area contributed by atoms with Crippen molar-refractivity contribution in [2.75, 3.05) is 24.6 Å². The Kier molecular flexibility index (Phi) is 4.43. The number of benzene rings is 1. The van der Waals surface area contributed by atoms with Gasteiger partial charge in [-0.15, -0.1) is 0 Å². The van der Waals surface area contributed by atoms with Crippen LogP contribution in [-0.2, 0) is 0 Å². The molecule has 0 atom stereocenters. The van der Waals surface area contributed by atoms with Crippen LogP contribution in [-0.4, -0.2) is 36.3 Å². The number of nitrogens with two attached hydrogens (primary N) is 2. The molecule has 1 aliphatic rings. The minimum absolute atomic E-state index is 0.423. The molecule has 4 heteroatoms. The fourth-order valence-electron chi connectivity index (χ4n) is 2.45. The van der Waals surface area contributed by atoms with E-state index >= 15 is 0 Å². The first-order valence-corrected chi connectivity index (χ1v) is 6.98. The average Bonchev–Trinajstić information content (AvgIpc) is 2.38. The van der Waals surface area contributed by atoms with Crippen LogP contribution in [0.15, 0.2) is 23.2 Å². The Morgan fingerprint density at radius 2 is 1.95 bits per heavy atom. The topological polar surface area (TPSA) is 67.6 Å². The van der Waals surface area contributed by atoms with Gasteiger partial charge in [0.15, 0.2) is 0 Å². The van der Waals surface area contributed by atoms with Crippen LogP contribution in [0.1, 0.15) is 32.3 Å². The van der Waals surface area contributed by atoms with E-state index in [1.165, 1.54) is 0 Å². The first-order chi connectivity index (χ1) is 9.06. The van der Waals surface area contributed by atoms with E-state index in [9.17, 15) is 0 Å². The van der Waals surface area contributed by atoms with Gasteiger partial charge in [0, 0.05) is 42.3 Å². The number of anilines is 2. The van der Waals surface area contributed by atoms with Crippen LogP contribution in [0.2, 0.25) is 0 Å². The third kappa shape index (κ3) is 3.70. The molecule has 19 heavy (non-hydrogen) atoms. The molecule has 0 saturated carbocycles. The number of hydrogen-bond donors (Lipinski definition) is 2. The quantitative estimate of drug-likeness (QED) is 0.646. The molecule has 1 fully saturated rings. The highest BCUT2D eigenvalue weighted by Crippen LogP contribution is 2.17. The van der Waals surface area contributed by atoms with E-state index in [2.05, 4.69) is 23.7 Å². The zero-order chi connectivity index (χ0) is 13.8. The largest absolute Gasteiger partial charge is 0.399 e. The molecule has 1 saturated heterocycles. The lowest BCUT2D eigenvalue weighted by Crippen LogP contribution is -2.39. The first kappa shape index (κ1) is 13.9. The molecule has 1 aromatic carbocycles. The Balaban J connectivity index is 1.93. The van der Waals surface area contributed by atoms with Gasteiger partial charge in [-0.25, -0.2) is 0 Å². The van der Waals surface area contributed by atoms with E-state index in [-0.39, 0.29) is 0 Å². The highest BCUT2D eigenvalue weighted by atomic mass is 15.2. The molecule has 0 spiro atoms. The summed E-state index contributed by atoms with van der Waals surface area (Å²) in [7, 11) is 0. The summed E-state index contributed by atoms with van der Waals surface area (Å²) in [5.41, 5.74) is 14.0. The van der Waals surface area contributed by atoms with Gasteiger partial charge in [-0.1, -0.05) is 0 Å². The second-order valence-electron chi connectivity index (χ2n) is 5.53. The van der Waals surface area contributed by atoms with Gasteiger partial charge in [0.05, 0.1) is 6.04 Å². The summed E-state index contributed by atoms with van der Waals surface area (Å²) in [5, 5.41) is 0. The fourth-order valence-corrected chi connectivity index (χ4v) is 2.45. The van der Waals surface area contributed by atoms with Gasteiger partial charge in [0.1, 0.15) is 0 Å². The summed E-state index contributed by atoms with van der Waals surface area (Å²) in [6.07, 6.45) is 4.15. The Hall–Kier alpha value is -1.55. The van der Waals surface area contributed by atoms with Crippen molar-refractivity contribution < 1.29 is 0 Å². The van der Waals surface area contributed by atoms with Crippen LogP contribution in [0.3, 0.4) is 0 Å². The minimum Gasteiger partial charge on any atom is -0.399 e. The monoisotopic (exact) mass is 260 g/mol. The van der Waals surface area contributed by atoms with E-state index in [1.807, 2.05) is 18.3 Å². The van der Waals surface area contributed by atoms with Crippen molar-refractivity contribution in [3.05, 3.63) is 23.8 Å². The molecule has 0 radical (unpaired) electrons. The Labute approximate surface area is 115 Å². The Morgan fingerprint density at radius 1 is 1.26 bits per heavy atom. The van der Waals surface area contributed by atoms with Gasteiger partial charge in [0.2, 0.25) is 0 Å². The van der Waals surface area contributed by atoms with Crippen LogP contribution in [0, 0.1) is 0 Å². The second-order valence-corrected chi connectivity index (χ2v) is 5.53. The average molecular weight is 260 g/mol. The van der Waals surface area contributed by atoms with Gasteiger partial charge in [0.25, 0.3) is 0 Å². The van der Waals surface area contributed by atoms with Crippen LogP contribution in [0.4, 0.5) is 11.4 Å². The maximum Gasteiger partial charge on any atom is 0.0524 e. The highest BCUT2D eigenvalue weighted by molar-refractivity contribution is 5.88. The molecular formula is C15H24N4. The third-order valence-electron chi connectivity index (χ3n) is 3.76. The number of hydrogen-bond acceptors (Lipinski definition) is 4. The third-order valence-corrected chi connectivity index (χ3v) is 3.76. The maximum absolute atomic E-state index is 5.92. The number of piperidine rings is 1. The normalized spacial score (nSPS) is 18.5. The zero-order valence-electron chi connectivity index (χ0n) is 11.8. The molecular weight excluding hydrogens is 236 g/mol. The minimum atomic E-state index is 0.423. The highest BCUT2D eigenvalue weighted by Gasteiger charge is 2.19. The van der Waals surface area contributed by atoms with Gasteiger partial charge in [-0.3, -0.25) is 4.99 Å². The standard InChI is InChI=1S/C15H24N4/c1-11(2)19-7-5-14(6-8-19)18-10-12-3-4-13(16)9-15(12)17/h3-4,9-11,14H,5-8,16-17H2,1-2H3. The van der Waals surface area contributed by atoms with Gasteiger partial charge in [-0.05, 0) is 44.9 Å². The van der Waals surface area contributed by atoms with Crippen molar-refractivity contribution in [3.63, 3.8) is 0 Å². The first-order valence-electron chi connectivity index (χ1n) is 6.98. The lowest BCUT2D eigenvalue weighted by atomic mass is 10.0. The summed E-state index contributed by atoms with van der Waals surface area (Å²) < 4.78 is 0. The molecule has 2 rings (SSSR count).